The number of amides is 1. The van der Waals surface area contributed by atoms with E-state index in [1.165, 1.54) is 5.56 Å². The molecule has 5 N–H and O–H groups in total. The largest absolute Gasteiger partial charge is 0.366 e. The number of aromatic amines is 1. The number of aromatic nitrogens is 1. The molecule has 0 fully saturated rings. The second kappa shape index (κ2) is 5.11. The Labute approximate surface area is 138 Å². The van der Waals surface area contributed by atoms with Crippen molar-refractivity contribution in [3.05, 3.63) is 58.1 Å². The average molecular weight is 326 g/mol. The number of rotatable bonds is 2. The van der Waals surface area contributed by atoms with Gasteiger partial charge in [0.15, 0.2) is 0 Å². The molecule has 0 spiro atoms. The van der Waals surface area contributed by atoms with Crippen LogP contribution in [0.5, 0.6) is 0 Å². The summed E-state index contributed by atoms with van der Waals surface area (Å²) in [4.78, 5) is 14.7. The minimum absolute atomic E-state index is 0.0446. The molecule has 4 nitrogen and oxygen atoms in total. The summed E-state index contributed by atoms with van der Waals surface area (Å²) in [7, 11) is 0. The smallest absolute Gasteiger partial charge is 0.248 e. The number of benzene rings is 2. The summed E-state index contributed by atoms with van der Waals surface area (Å²) >= 11 is 6.36. The molecule has 1 aromatic heterocycles. The summed E-state index contributed by atoms with van der Waals surface area (Å²) in [5.41, 5.74) is 17.4. The molecule has 3 aromatic rings. The van der Waals surface area contributed by atoms with Crippen molar-refractivity contribution in [1.82, 2.24) is 4.98 Å². The SMILES string of the molecule is NC(=O)c1ccc(-c2[nH]c3c(Cl)ccc4c3c2CCC4N)cc1. The Morgan fingerprint density at radius 1 is 1.17 bits per heavy atom. The molecule has 1 aliphatic rings. The summed E-state index contributed by atoms with van der Waals surface area (Å²) in [6.45, 7) is 0. The van der Waals surface area contributed by atoms with Gasteiger partial charge in [0.05, 0.1) is 10.5 Å². The van der Waals surface area contributed by atoms with Crippen LogP contribution >= 0.6 is 11.6 Å². The standard InChI is InChI=1S/C18H16ClN3O/c19-13-7-5-11-14(20)8-6-12-15(11)17(13)22-16(12)9-1-3-10(4-2-9)18(21)23/h1-5,7,14,22H,6,8,20H2,(H2,21,23). The number of nitrogens with two attached hydrogens (primary N) is 2. The van der Waals surface area contributed by atoms with Crippen molar-refractivity contribution in [3.63, 3.8) is 0 Å². The molecule has 0 bridgehead atoms. The fourth-order valence-electron chi connectivity index (χ4n) is 3.43. The van der Waals surface area contributed by atoms with Crippen molar-refractivity contribution in [2.24, 2.45) is 11.5 Å². The lowest BCUT2D eigenvalue weighted by atomic mass is 9.87. The zero-order valence-corrected chi connectivity index (χ0v) is 13.2. The lowest BCUT2D eigenvalue weighted by Gasteiger charge is -2.20. The number of primary amides is 1. The van der Waals surface area contributed by atoms with E-state index in [4.69, 9.17) is 23.1 Å². The monoisotopic (exact) mass is 325 g/mol. The van der Waals surface area contributed by atoms with Crippen molar-refractivity contribution in [3.8, 4) is 11.3 Å². The van der Waals surface area contributed by atoms with Gasteiger partial charge in [-0.2, -0.15) is 0 Å². The zero-order valence-electron chi connectivity index (χ0n) is 12.4. The highest BCUT2D eigenvalue weighted by atomic mass is 35.5. The van der Waals surface area contributed by atoms with Gasteiger partial charge < -0.3 is 16.5 Å². The number of nitrogens with one attached hydrogen (secondary N) is 1. The highest BCUT2D eigenvalue weighted by Gasteiger charge is 2.25. The van der Waals surface area contributed by atoms with Crippen LogP contribution in [0.2, 0.25) is 5.02 Å². The fourth-order valence-corrected chi connectivity index (χ4v) is 3.63. The van der Waals surface area contributed by atoms with Crippen LogP contribution in [-0.4, -0.2) is 10.9 Å². The van der Waals surface area contributed by atoms with Crippen molar-refractivity contribution in [2.45, 2.75) is 18.9 Å². The highest BCUT2D eigenvalue weighted by molar-refractivity contribution is 6.35. The predicted molar refractivity (Wildman–Crippen MR) is 92.5 cm³/mol. The molecule has 1 unspecified atom stereocenters. The number of carbonyl (C=O) groups excluding carboxylic acids is 1. The maximum atomic E-state index is 11.2. The molecule has 1 amide bonds. The van der Waals surface area contributed by atoms with Gasteiger partial charge >= 0.3 is 0 Å². The zero-order chi connectivity index (χ0) is 16.1. The van der Waals surface area contributed by atoms with Crippen molar-refractivity contribution in [1.29, 1.82) is 0 Å². The normalized spacial score (nSPS) is 16.7. The van der Waals surface area contributed by atoms with Crippen LogP contribution in [0.1, 0.15) is 33.9 Å². The van der Waals surface area contributed by atoms with Crippen LogP contribution in [0.25, 0.3) is 22.2 Å². The summed E-state index contributed by atoms with van der Waals surface area (Å²) in [6.07, 6.45) is 1.81. The molecule has 116 valence electrons. The molecule has 1 atom stereocenters. The van der Waals surface area contributed by atoms with E-state index in [1.54, 1.807) is 12.1 Å². The maximum Gasteiger partial charge on any atom is 0.248 e. The second-order valence-electron chi connectivity index (χ2n) is 5.95. The van der Waals surface area contributed by atoms with E-state index in [0.29, 0.717) is 10.6 Å². The molecule has 0 aliphatic heterocycles. The first-order valence-electron chi connectivity index (χ1n) is 7.55. The van der Waals surface area contributed by atoms with Gasteiger partial charge in [-0.3, -0.25) is 4.79 Å². The van der Waals surface area contributed by atoms with E-state index in [1.807, 2.05) is 24.3 Å². The molecule has 0 radical (unpaired) electrons. The van der Waals surface area contributed by atoms with Crippen molar-refractivity contribution < 1.29 is 4.79 Å². The predicted octanol–water partition coefficient (Wildman–Crippen LogP) is 3.53. The van der Waals surface area contributed by atoms with Crippen molar-refractivity contribution in [2.75, 3.05) is 0 Å². The molecule has 0 saturated carbocycles. The average Bonchev–Trinajstić information content (AvgIpc) is 2.94. The molecule has 1 aliphatic carbocycles. The summed E-state index contributed by atoms with van der Waals surface area (Å²) in [5.74, 6) is -0.425. The molecule has 4 rings (SSSR count). The topological polar surface area (TPSA) is 84.9 Å². The Morgan fingerprint density at radius 2 is 1.91 bits per heavy atom. The van der Waals surface area contributed by atoms with E-state index in [-0.39, 0.29) is 6.04 Å². The van der Waals surface area contributed by atoms with Gasteiger partial charge in [0.25, 0.3) is 0 Å². The quantitative estimate of drug-likeness (QED) is 0.673. The first-order valence-corrected chi connectivity index (χ1v) is 7.93. The van der Waals surface area contributed by atoms with Crippen LogP contribution in [0.4, 0.5) is 0 Å². The Morgan fingerprint density at radius 3 is 2.61 bits per heavy atom. The van der Waals surface area contributed by atoms with Crippen LogP contribution in [0.15, 0.2) is 36.4 Å². The Hall–Kier alpha value is -2.30. The molecule has 0 saturated heterocycles. The summed E-state index contributed by atoms with van der Waals surface area (Å²) in [6, 6.07) is 11.3. The van der Waals surface area contributed by atoms with E-state index in [9.17, 15) is 4.79 Å². The van der Waals surface area contributed by atoms with Gasteiger partial charge in [-0.15, -0.1) is 0 Å². The van der Waals surface area contributed by atoms with Gasteiger partial charge in [-0.05, 0) is 47.7 Å². The lowest BCUT2D eigenvalue weighted by molar-refractivity contribution is 0.100. The third-order valence-corrected chi connectivity index (χ3v) is 4.92. The van der Waals surface area contributed by atoms with Gasteiger partial charge in [0.2, 0.25) is 5.91 Å². The van der Waals surface area contributed by atoms with Crippen LogP contribution in [-0.2, 0) is 6.42 Å². The molecular formula is C18H16ClN3O. The molecule has 1 heterocycles. The number of halogens is 1. The van der Waals surface area contributed by atoms with E-state index >= 15 is 0 Å². The second-order valence-corrected chi connectivity index (χ2v) is 6.36. The highest BCUT2D eigenvalue weighted by Crippen LogP contribution is 2.42. The van der Waals surface area contributed by atoms with Gasteiger partial charge in [-0.25, -0.2) is 0 Å². The third kappa shape index (κ3) is 2.14. The minimum Gasteiger partial charge on any atom is -0.366 e. The molecule has 23 heavy (non-hydrogen) atoms. The van der Waals surface area contributed by atoms with E-state index in [0.717, 1.165) is 40.6 Å². The lowest BCUT2D eigenvalue weighted by Crippen LogP contribution is -2.15. The Kier molecular flexibility index (Phi) is 3.18. The summed E-state index contributed by atoms with van der Waals surface area (Å²) < 4.78 is 0. The molecule has 5 heteroatoms. The number of hydrogen-bond donors (Lipinski definition) is 3. The number of carbonyl (C=O) groups is 1. The van der Waals surface area contributed by atoms with Crippen LogP contribution in [0.3, 0.4) is 0 Å². The van der Waals surface area contributed by atoms with Crippen LogP contribution < -0.4 is 11.5 Å². The van der Waals surface area contributed by atoms with Gasteiger partial charge in [0.1, 0.15) is 0 Å². The Bertz CT molecular complexity index is 928. The van der Waals surface area contributed by atoms with E-state index < -0.39 is 5.91 Å². The summed E-state index contributed by atoms with van der Waals surface area (Å²) in [5, 5.41) is 1.84. The first kappa shape index (κ1) is 14.3. The Balaban J connectivity index is 1.95. The van der Waals surface area contributed by atoms with Crippen molar-refractivity contribution >= 4 is 28.4 Å². The third-order valence-electron chi connectivity index (χ3n) is 4.60. The molecule has 2 aromatic carbocycles. The van der Waals surface area contributed by atoms with Crippen LogP contribution in [0, 0.1) is 0 Å². The van der Waals surface area contributed by atoms with Gasteiger partial charge in [-0.1, -0.05) is 29.8 Å². The molecular weight excluding hydrogens is 310 g/mol. The number of aryl methyl sites for hydroxylation is 1. The maximum absolute atomic E-state index is 11.2. The number of hydrogen-bond acceptors (Lipinski definition) is 2. The first-order chi connectivity index (χ1) is 11.1. The van der Waals surface area contributed by atoms with E-state index in [2.05, 4.69) is 4.98 Å². The minimum atomic E-state index is -0.425. The fraction of sp³-hybridized carbons (Fsp3) is 0.167. The van der Waals surface area contributed by atoms with Gasteiger partial charge in [0, 0.05) is 22.7 Å². The number of H-pyrrole nitrogens is 1.